The van der Waals surface area contributed by atoms with E-state index < -0.39 is 6.09 Å². The van der Waals surface area contributed by atoms with E-state index in [2.05, 4.69) is 16.1 Å². The van der Waals surface area contributed by atoms with Crippen LogP contribution >= 0.6 is 0 Å². The number of fused-ring (bicyclic) bond motifs is 2. The van der Waals surface area contributed by atoms with E-state index in [4.69, 9.17) is 11.2 Å². The Kier molecular flexibility index (Phi) is 7.85. The van der Waals surface area contributed by atoms with Crippen LogP contribution in [0.1, 0.15) is 56.9 Å². The Morgan fingerprint density at radius 3 is 2.71 bits per heavy atom. The molecule has 0 aromatic heterocycles. The molecule has 8 heteroatoms. The molecule has 2 aliphatic heterocycles. The highest BCUT2D eigenvalue weighted by atomic mass is 19.1. The number of halogens is 1. The van der Waals surface area contributed by atoms with Crippen molar-refractivity contribution in [2.24, 2.45) is 0 Å². The molecular formula is C27H37FN4O3. The molecule has 190 valence electrons. The minimum atomic E-state index is -0.390. The van der Waals surface area contributed by atoms with Gasteiger partial charge in [-0.25, -0.2) is 14.0 Å². The zero-order chi connectivity index (χ0) is 25.0. The van der Waals surface area contributed by atoms with Crippen LogP contribution in [-0.2, 0) is 10.2 Å². The van der Waals surface area contributed by atoms with Crippen LogP contribution in [0.15, 0.2) is 18.2 Å². The maximum Gasteiger partial charge on any atom is 0.407 e. The summed E-state index contributed by atoms with van der Waals surface area (Å²) in [6.07, 6.45) is 12.2. The molecule has 1 aromatic rings. The van der Waals surface area contributed by atoms with Gasteiger partial charge in [0.2, 0.25) is 0 Å². The maximum atomic E-state index is 14.3. The van der Waals surface area contributed by atoms with E-state index in [0.717, 1.165) is 69.3 Å². The van der Waals surface area contributed by atoms with Crippen LogP contribution in [0, 0.1) is 18.2 Å². The lowest BCUT2D eigenvalue weighted by atomic mass is 9.74. The Labute approximate surface area is 208 Å². The number of anilines is 1. The highest BCUT2D eigenvalue weighted by molar-refractivity contribution is 5.95. The number of alkyl carbamates (subject to hydrolysis) is 1. The molecule has 35 heavy (non-hydrogen) atoms. The van der Waals surface area contributed by atoms with Gasteiger partial charge in [-0.3, -0.25) is 4.90 Å². The van der Waals surface area contributed by atoms with Crippen LogP contribution in [0.4, 0.5) is 19.7 Å². The number of nitrogens with zero attached hydrogens (tertiary/aromatic N) is 3. The third-order valence-corrected chi connectivity index (χ3v) is 7.86. The first-order valence-corrected chi connectivity index (χ1v) is 12.7. The summed E-state index contributed by atoms with van der Waals surface area (Å²) in [5.41, 5.74) is 1.58. The smallest absolute Gasteiger partial charge is 0.407 e. The van der Waals surface area contributed by atoms with Crippen molar-refractivity contribution in [3.8, 4) is 12.3 Å². The molecule has 2 fully saturated rings. The molecule has 2 unspecified atom stereocenters. The summed E-state index contributed by atoms with van der Waals surface area (Å²) < 4.78 is 19.5. The highest BCUT2D eigenvalue weighted by Crippen LogP contribution is 2.48. The number of likely N-dealkylation sites (tertiary alicyclic amines) is 1. The van der Waals surface area contributed by atoms with Crippen molar-refractivity contribution in [1.82, 2.24) is 15.1 Å². The van der Waals surface area contributed by atoms with Crippen molar-refractivity contribution in [3.05, 3.63) is 29.6 Å². The monoisotopic (exact) mass is 484 g/mol. The van der Waals surface area contributed by atoms with Crippen LogP contribution in [0.25, 0.3) is 0 Å². The maximum absolute atomic E-state index is 14.3. The molecule has 3 aliphatic rings. The lowest BCUT2D eigenvalue weighted by molar-refractivity contribution is 0.103. The van der Waals surface area contributed by atoms with E-state index in [1.165, 1.54) is 6.07 Å². The van der Waals surface area contributed by atoms with E-state index in [1.807, 2.05) is 4.90 Å². The van der Waals surface area contributed by atoms with E-state index in [0.29, 0.717) is 19.0 Å². The SMILES string of the molecule is C#CCCOC(=O)NC1CCCCC(N2CCC3(CC2)CN(C(=O)N(C)C)c2ccc(F)cc23)C1. The van der Waals surface area contributed by atoms with Crippen molar-refractivity contribution in [3.63, 3.8) is 0 Å². The van der Waals surface area contributed by atoms with Gasteiger partial charge >= 0.3 is 12.1 Å². The Bertz CT molecular complexity index is 968. The van der Waals surface area contributed by atoms with Crippen molar-refractivity contribution >= 4 is 17.8 Å². The van der Waals surface area contributed by atoms with Crippen LogP contribution in [-0.4, -0.2) is 74.3 Å². The predicted octanol–water partition coefficient (Wildman–Crippen LogP) is 4.11. The number of urea groups is 1. The van der Waals surface area contributed by atoms with Gasteiger partial charge in [0.05, 0.1) is 0 Å². The van der Waals surface area contributed by atoms with Crippen molar-refractivity contribution in [1.29, 1.82) is 0 Å². The van der Waals surface area contributed by atoms with Crippen LogP contribution in [0.5, 0.6) is 0 Å². The number of terminal acetylenes is 1. The number of amides is 3. The largest absolute Gasteiger partial charge is 0.449 e. The average Bonchev–Trinajstić information content (AvgIpc) is 2.97. The molecule has 2 heterocycles. The number of hydrogen-bond acceptors (Lipinski definition) is 4. The first-order valence-electron chi connectivity index (χ1n) is 12.7. The summed E-state index contributed by atoms with van der Waals surface area (Å²) >= 11 is 0. The zero-order valence-electron chi connectivity index (χ0n) is 20.9. The lowest BCUT2D eigenvalue weighted by Crippen LogP contribution is -2.51. The van der Waals surface area contributed by atoms with Crippen LogP contribution < -0.4 is 10.2 Å². The van der Waals surface area contributed by atoms with Crippen LogP contribution in [0.2, 0.25) is 0 Å². The minimum Gasteiger partial charge on any atom is -0.449 e. The van der Waals surface area contributed by atoms with Gasteiger partial charge in [-0.1, -0.05) is 12.8 Å². The van der Waals surface area contributed by atoms with Gasteiger partial charge in [0.1, 0.15) is 12.4 Å². The Balaban J connectivity index is 1.41. The number of carbonyl (C=O) groups is 2. The molecule has 2 atom stereocenters. The highest BCUT2D eigenvalue weighted by Gasteiger charge is 2.47. The van der Waals surface area contributed by atoms with Crippen molar-refractivity contribution in [2.45, 2.75) is 68.9 Å². The van der Waals surface area contributed by atoms with E-state index in [-0.39, 0.29) is 29.9 Å². The lowest BCUT2D eigenvalue weighted by Gasteiger charge is -2.43. The number of nitrogens with one attached hydrogen (secondary N) is 1. The Morgan fingerprint density at radius 1 is 1.26 bits per heavy atom. The fourth-order valence-electron chi connectivity index (χ4n) is 6.01. The fourth-order valence-corrected chi connectivity index (χ4v) is 6.01. The Morgan fingerprint density at radius 2 is 2.00 bits per heavy atom. The number of benzene rings is 1. The first-order chi connectivity index (χ1) is 16.8. The van der Waals surface area contributed by atoms with Gasteiger partial charge in [-0.15, -0.1) is 12.3 Å². The summed E-state index contributed by atoms with van der Waals surface area (Å²) in [5, 5.41) is 3.04. The van der Waals surface area contributed by atoms with Gasteiger partial charge in [-0.2, -0.15) is 0 Å². The first kappa shape index (κ1) is 25.3. The summed E-state index contributed by atoms with van der Waals surface area (Å²) in [4.78, 5) is 30.9. The molecule has 0 radical (unpaired) electrons. The molecule has 1 N–H and O–H groups in total. The fraction of sp³-hybridized carbons (Fsp3) is 0.630. The molecule has 1 spiro atoms. The van der Waals surface area contributed by atoms with Gasteiger partial charge < -0.3 is 19.9 Å². The number of hydrogen-bond donors (Lipinski definition) is 1. The van der Waals surface area contributed by atoms with E-state index in [9.17, 15) is 14.0 Å². The second kappa shape index (κ2) is 10.9. The number of carbonyl (C=O) groups excluding carboxylic acids is 2. The third kappa shape index (κ3) is 5.56. The normalized spacial score (nSPS) is 23.8. The minimum absolute atomic E-state index is 0.0658. The molecular weight excluding hydrogens is 447 g/mol. The van der Waals surface area contributed by atoms with Gasteiger partial charge in [-0.05, 0) is 69.0 Å². The van der Waals surface area contributed by atoms with E-state index in [1.54, 1.807) is 31.1 Å². The molecule has 7 nitrogen and oxygen atoms in total. The van der Waals surface area contributed by atoms with E-state index >= 15 is 0 Å². The van der Waals surface area contributed by atoms with Crippen molar-refractivity contribution < 1.29 is 18.7 Å². The molecule has 1 aromatic carbocycles. The molecule has 3 amide bonds. The summed E-state index contributed by atoms with van der Waals surface area (Å²) in [7, 11) is 3.50. The number of rotatable bonds is 4. The standard InChI is InChI=1S/C27H37FN4O3/c1-4-5-16-35-25(33)29-21-8-6-7-9-22(18-21)31-14-12-27(13-15-31)19-32(26(34)30(2)3)24-11-10-20(28)17-23(24)27/h1,10-11,17,21-22H,5-9,12-16,18-19H2,2-3H3,(H,29,33). The summed E-state index contributed by atoms with van der Waals surface area (Å²) in [6, 6.07) is 5.23. The Hall–Kier alpha value is -2.79. The second-order valence-corrected chi connectivity index (χ2v) is 10.3. The van der Waals surface area contributed by atoms with Crippen LogP contribution in [0.3, 0.4) is 0 Å². The van der Waals surface area contributed by atoms with Gasteiger partial charge in [0.15, 0.2) is 0 Å². The predicted molar refractivity (Wildman–Crippen MR) is 134 cm³/mol. The number of ether oxygens (including phenoxy) is 1. The third-order valence-electron chi connectivity index (χ3n) is 7.86. The average molecular weight is 485 g/mol. The van der Waals surface area contributed by atoms with Gasteiger partial charge in [0.25, 0.3) is 0 Å². The summed E-state index contributed by atoms with van der Waals surface area (Å²) in [6.45, 7) is 2.62. The van der Waals surface area contributed by atoms with Crippen molar-refractivity contribution in [2.75, 3.05) is 45.2 Å². The molecule has 1 saturated carbocycles. The molecule has 4 rings (SSSR count). The second-order valence-electron chi connectivity index (χ2n) is 10.3. The van der Waals surface area contributed by atoms with Gasteiger partial charge in [0, 0.05) is 50.2 Å². The number of piperidine rings is 1. The molecule has 1 saturated heterocycles. The summed E-state index contributed by atoms with van der Waals surface area (Å²) in [5.74, 6) is 2.22. The quantitative estimate of drug-likeness (QED) is 0.397. The zero-order valence-corrected chi connectivity index (χ0v) is 20.9. The molecule has 1 aliphatic carbocycles. The molecule has 0 bridgehead atoms. The topological polar surface area (TPSA) is 65.1 Å².